The molecule has 1 atom stereocenters. The number of hydrogen-bond donors (Lipinski definition) is 0. The number of Topliss-reactive ketones (excluding diaryl/α,β-unsaturated/α-hetero) is 1. The molecule has 22 heavy (non-hydrogen) atoms. The van der Waals surface area contributed by atoms with E-state index in [0.717, 1.165) is 12.0 Å². The van der Waals surface area contributed by atoms with Gasteiger partial charge in [-0.2, -0.15) is 0 Å². The van der Waals surface area contributed by atoms with Crippen molar-refractivity contribution in [3.8, 4) is 0 Å². The van der Waals surface area contributed by atoms with Gasteiger partial charge >= 0.3 is 0 Å². The van der Waals surface area contributed by atoms with Crippen LogP contribution >= 0.6 is 15.9 Å². The number of hydrogen-bond acceptors (Lipinski definition) is 1. The Balaban J connectivity index is 1.96. The summed E-state index contributed by atoms with van der Waals surface area (Å²) < 4.78 is 0. The average molecular weight is 367 g/mol. The topological polar surface area (TPSA) is 17.1 Å². The van der Waals surface area contributed by atoms with Crippen LogP contribution in [0.5, 0.6) is 0 Å². The van der Waals surface area contributed by atoms with Gasteiger partial charge in [-0.05, 0) is 31.7 Å². The lowest BCUT2D eigenvalue weighted by Crippen LogP contribution is -1.93. The minimum absolute atomic E-state index is 0.150. The Morgan fingerprint density at radius 1 is 0.909 bits per heavy atom. The van der Waals surface area contributed by atoms with Gasteiger partial charge in [0, 0.05) is 10.4 Å². The highest BCUT2D eigenvalue weighted by Gasteiger charge is 1.99. The molecular weight excluding hydrogens is 336 g/mol. The first-order valence-corrected chi connectivity index (χ1v) is 9.75. The van der Waals surface area contributed by atoms with Crippen LogP contribution in [0.2, 0.25) is 0 Å². The van der Waals surface area contributed by atoms with Crippen LogP contribution in [0.15, 0.2) is 24.3 Å². The fourth-order valence-electron chi connectivity index (χ4n) is 2.72. The smallest absolute Gasteiger partial charge is 0.159 e. The first kappa shape index (κ1) is 19.4. The van der Waals surface area contributed by atoms with Gasteiger partial charge in [0.25, 0.3) is 0 Å². The van der Waals surface area contributed by atoms with Crippen LogP contribution < -0.4 is 0 Å². The molecule has 0 aromatic heterocycles. The summed E-state index contributed by atoms with van der Waals surface area (Å²) in [7, 11) is 0. The highest BCUT2D eigenvalue weighted by atomic mass is 79.9. The lowest BCUT2D eigenvalue weighted by atomic mass is 10.0. The van der Waals surface area contributed by atoms with E-state index in [1.54, 1.807) is 6.92 Å². The number of carbonyl (C=O) groups is 1. The van der Waals surface area contributed by atoms with E-state index < -0.39 is 0 Å². The summed E-state index contributed by atoms with van der Waals surface area (Å²) in [6.45, 7) is 3.85. The van der Waals surface area contributed by atoms with E-state index in [-0.39, 0.29) is 5.78 Å². The molecule has 124 valence electrons. The van der Waals surface area contributed by atoms with Gasteiger partial charge in [-0.3, -0.25) is 4.79 Å². The van der Waals surface area contributed by atoms with Crippen molar-refractivity contribution >= 4 is 21.7 Å². The Morgan fingerprint density at radius 3 is 1.91 bits per heavy atom. The Kier molecular flexibility index (Phi) is 10.5. The van der Waals surface area contributed by atoms with Crippen molar-refractivity contribution in [2.45, 2.75) is 82.9 Å². The van der Waals surface area contributed by atoms with E-state index in [9.17, 15) is 4.79 Å². The number of unbranched alkanes of at least 4 members (excludes halogenated alkanes) is 7. The summed E-state index contributed by atoms with van der Waals surface area (Å²) in [6.07, 6.45) is 13.3. The summed E-state index contributed by atoms with van der Waals surface area (Å²) >= 11 is 3.60. The maximum atomic E-state index is 11.2. The molecule has 0 amide bonds. The van der Waals surface area contributed by atoms with Gasteiger partial charge in [-0.1, -0.05) is 92.1 Å². The van der Waals surface area contributed by atoms with Crippen LogP contribution in [0.1, 0.15) is 87.6 Å². The molecule has 1 aromatic carbocycles. The molecule has 1 aromatic rings. The van der Waals surface area contributed by atoms with E-state index in [2.05, 4.69) is 35.0 Å². The first-order valence-electron chi connectivity index (χ1n) is 8.83. The number of alkyl halides is 1. The quantitative estimate of drug-likeness (QED) is 0.227. The second kappa shape index (κ2) is 11.9. The predicted molar refractivity (Wildman–Crippen MR) is 100 cm³/mol. The highest BCUT2D eigenvalue weighted by Crippen LogP contribution is 2.14. The standard InChI is InChI=1S/C20H31BrO/c1-17(21)11-9-7-5-3-4-6-8-10-12-19-13-15-20(16-14-19)18(2)22/h13-17H,3-12H2,1-2H3. The van der Waals surface area contributed by atoms with Gasteiger partial charge in [0.05, 0.1) is 0 Å². The van der Waals surface area contributed by atoms with Crippen LogP contribution in [-0.2, 0) is 6.42 Å². The predicted octanol–water partition coefficient (Wildman–Crippen LogP) is 6.73. The van der Waals surface area contributed by atoms with Crippen LogP contribution in [0.25, 0.3) is 0 Å². The monoisotopic (exact) mass is 366 g/mol. The number of ketones is 1. The molecule has 0 radical (unpaired) electrons. The van der Waals surface area contributed by atoms with Gasteiger partial charge in [-0.25, -0.2) is 0 Å². The molecule has 0 aliphatic heterocycles. The highest BCUT2D eigenvalue weighted by molar-refractivity contribution is 9.09. The number of rotatable bonds is 12. The molecule has 1 nitrogen and oxygen atoms in total. The molecule has 0 aliphatic carbocycles. The Bertz CT molecular complexity index is 408. The summed E-state index contributed by atoms with van der Waals surface area (Å²) in [5.41, 5.74) is 2.17. The SMILES string of the molecule is CC(=O)c1ccc(CCCCCCCCCCC(C)Br)cc1. The number of carbonyl (C=O) groups excluding carboxylic acids is 1. The Morgan fingerprint density at radius 2 is 1.41 bits per heavy atom. The molecule has 0 spiro atoms. The fraction of sp³-hybridized carbons (Fsp3) is 0.650. The molecular formula is C20H31BrO. The average Bonchev–Trinajstić information content (AvgIpc) is 2.49. The third-order valence-electron chi connectivity index (χ3n) is 4.18. The van der Waals surface area contributed by atoms with Crippen LogP contribution in [0.4, 0.5) is 0 Å². The zero-order valence-corrected chi connectivity index (χ0v) is 15.8. The van der Waals surface area contributed by atoms with Crippen molar-refractivity contribution in [3.63, 3.8) is 0 Å². The van der Waals surface area contributed by atoms with Crippen LogP contribution in [0, 0.1) is 0 Å². The molecule has 0 heterocycles. The van der Waals surface area contributed by atoms with Gasteiger partial charge in [0.2, 0.25) is 0 Å². The summed E-state index contributed by atoms with van der Waals surface area (Å²) in [6, 6.07) is 8.10. The van der Waals surface area contributed by atoms with Gasteiger partial charge < -0.3 is 0 Å². The summed E-state index contributed by atoms with van der Waals surface area (Å²) in [5, 5.41) is 0. The minimum atomic E-state index is 0.150. The van der Waals surface area contributed by atoms with E-state index >= 15 is 0 Å². The molecule has 0 fully saturated rings. The normalized spacial score (nSPS) is 12.3. The number of halogens is 1. The zero-order valence-electron chi connectivity index (χ0n) is 14.2. The maximum Gasteiger partial charge on any atom is 0.159 e. The molecule has 1 rings (SSSR count). The molecule has 0 aliphatic rings. The third-order valence-corrected chi connectivity index (χ3v) is 4.64. The van der Waals surface area contributed by atoms with Crippen molar-refractivity contribution in [3.05, 3.63) is 35.4 Å². The first-order chi connectivity index (χ1) is 10.6. The number of aryl methyl sites for hydroxylation is 1. The van der Waals surface area contributed by atoms with Crippen molar-refractivity contribution < 1.29 is 4.79 Å². The maximum absolute atomic E-state index is 11.2. The van der Waals surface area contributed by atoms with Crippen molar-refractivity contribution in [1.29, 1.82) is 0 Å². The Hall–Kier alpha value is -0.630. The van der Waals surface area contributed by atoms with Crippen molar-refractivity contribution in [1.82, 2.24) is 0 Å². The fourth-order valence-corrected chi connectivity index (χ4v) is 3.05. The molecule has 1 unspecified atom stereocenters. The summed E-state index contributed by atoms with van der Waals surface area (Å²) in [4.78, 5) is 11.9. The van der Waals surface area contributed by atoms with Crippen LogP contribution in [0.3, 0.4) is 0 Å². The number of benzene rings is 1. The van der Waals surface area contributed by atoms with Gasteiger partial charge in [-0.15, -0.1) is 0 Å². The molecule has 0 saturated carbocycles. The molecule has 0 saturated heterocycles. The molecule has 0 N–H and O–H groups in total. The largest absolute Gasteiger partial charge is 0.295 e. The van der Waals surface area contributed by atoms with Gasteiger partial charge in [0.15, 0.2) is 5.78 Å². The second-order valence-electron chi connectivity index (χ2n) is 6.40. The van der Waals surface area contributed by atoms with E-state index in [4.69, 9.17) is 0 Å². The van der Waals surface area contributed by atoms with Crippen molar-refractivity contribution in [2.75, 3.05) is 0 Å². The minimum Gasteiger partial charge on any atom is -0.295 e. The van der Waals surface area contributed by atoms with E-state index in [1.165, 1.54) is 63.4 Å². The van der Waals surface area contributed by atoms with E-state index in [0.29, 0.717) is 4.83 Å². The molecule has 0 bridgehead atoms. The van der Waals surface area contributed by atoms with Crippen molar-refractivity contribution in [2.24, 2.45) is 0 Å². The lowest BCUT2D eigenvalue weighted by Gasteiger charge is -2.04. The Labute approximate surface area is 145 Å². The summed E-state index contributed by atoms with van der Waals surface area (Å²) in [5.74, 6) is 0.150. The lowest BCUT2D eigenvalue weighted by molar-refractivity contribution is 0.101. The zero-order chi connectivity index (χ0) is 16.2. The third kappa shape index (κ3) is 9.40. The second-order valence-corrected chi connectivity index (χ2v) is 7.96. The van der Waals surface area contributed by atoms with Crippen LogP contribution in [-0.4, -0.2) is 10.6 Å². The molecule has 2 heteroatoms. The van der Waals surface area contributed by atoms with E-state index in [1.807, 2.05) is 12.1 Å². The van der Waals surface area contributed by atoms with Gasteiger partial charge in [0.1, 0.15) is 0 Å².